The van der Waals surface area contributed by atoms with Gasteiger partial charge < -0.3 is 14.7 Å². The van der Waals surface area contributed by atoms with Gasteiger partial charge in [-0.1, -0.05) is 0 Å². The molecule has 7 nitrogen and oxygen atoms in total. The van der Waals surface area contributed by atoms with Crippen molar-refractivity contribution in [1.29, 1.82) is 0 Å². The number of sulfonamides is 1. The highest BCUT2D eigenvalue weighted by Gasteiger charge is 2.90. The summed E-state index contributed by atoms with van der Waals surface area (Å²) in [6, 6.07) is 0. The fourth-order valence-corrected chi connectivity index (χ4v) is 3.70. The maximum atomic E-state index is 13.7. The predicted octanol–water partition coefficient (Wildman–Crippen LogP) is 2.56. The van der Waals surface area contributed by atoms with Crippen LogP contribution in [0, 0.1) is 0 Å². The third kappa shape index (κ3) is 7.24. The Morgan fingerprint density at radius 3 is 1.64 bits per heavy atom. The van der Waals surface area contributed by atoms with Crippen LogP contribution in [0.4, 0.5) is 57.1 Å². The molecule has 0 fully saturated rings. The van der Waals surface area contributed by atoms with E-state index in [9.17, 15) is 75.4 Å². The van der Waals surface area contributed by atoms with Crippen molar-refractivity contribution in [3.8, 4) is 0 Å². The Bertz CT molecular complexity index is 891. The van der Waals surface area contributed by atoms with Gasteiger partial charge >= 0.3 is 41.8 Å². The van der Waals surface area contributed by atoms with E-state index in [1.54, 1.807) is 0 Å². The second-order valence-corrected chi connectivity index (χ2v) is 10.2. The van der Waals surface area contributed by atoms with Gasteiger partial charge in [-0.3, -0.25) is 0 Å². The van der Waals surface area contributed by atoms with Crippen LogP contribution in [0.5, 0.6) is 0 Å². The minimum Gasteiger partial charge on any atom is -0.477 e. The number of carboxylic acid groups (broad SMARTS) is 1. The first-order valence-electron chi connectivity index (χ1n) is 9.12. The van der Waals surface area contributed by atoms with Crippen LogP contribution < -0.4 is 4.72 Å². The summed E-state index contributed by atoms with van der Waals surface area (Å²) < 4.78 is 194. The van der Waals surface area contributed by atoms with E-state index in [0.717, 1.165) is 0 Å². The highest BCUT2D eigenvalue weighted by molar-refractivity contribution is 7.89. The van der Waals surface area contributed by atoms with Gasteiger partial charge in [-0.2, -0.15) is 57.1 Å². The van der Waals surface area contributed by atoms with E-state index in [1.807, 2.05) is 0 Å². The van der Waals surface area contributed by atoms with Gasteiger partial charge in [0.05, 0.1) is 19.8 Å². The molecular formula is C15H20F13N2O5S+. The van der Waals surface area contributed by atoms with Crippen LogP contribution in [0.3, 0.4) is 0 Å². The standard InChI is InChI=1S/C15H19F13N2O5S/c1-30(2,7-9(32)33)6-8(31)5-29-36(34,35)4-3-10(16,17)11(18,19)12(20,21)13(22,23)14(24,25)15(26,27)28/h8,29,31H,3-7H2,1-2H3/p+1. The zero-order valence-corrected chi connectivity index (χ0v) is 18.8. The first-order chi connectivity index (χ1) is 15.5. The number of likely N-dealkylation sites (N-methyl/N-ethyl adjacent to an activating group) is 1. The van der Waals surface area contributed by atoms with Crippen molar-refractivity contribution in [3.63, 3.8) is 0 Å². The first-order valence-corrected chi connectivity index (χ1v) is 10.8. The molecule has 0 aromatic heterocycles. The van der Waals surface area contributed by atoms with Crippen LogP contribution in [0.15, 0.2) is 0 Å². The van der Waals surface area contributed by atoms with E-state index >= 15 is 0 Å². The molecule has 0 bridgehead atoms. The van der Waals surface area contributed by atoms with Gasteiger partial charge in [-0.05, 0) is 0 Å². The zero-order valence-electron chi connectivity index (χ0n) is 18.0. The summed E-state index contributed by atoms with van der Waals surface area (Å²) in [6.07, 6.45) is -12.2. The van der Waals surface area contributed by atoms with Gasteiger partial charge in [0.2, 0.25) is 10.0 Å². The molecule has 0 aliphatic rings. The monoisotopic (exact) mass is 587 g/mol. The number of quaternary nitrogens is 1. The summed E-state index contributed by atoms with van der Waals surface area (Å²) in [6.45, 7) is -2.12. The first kappa shape index (κ1) is 34.4. The van der Waals surface area contributed by atoms with E-state index in [2.05, 4.69) is 0 Å². The van der Waals surface area contributed by atoms with Gasteiger partial charge in [-0.25, -0.2) is 17.9 Å². The smallest absolute Gasteiger partial charge is 0.460 e. The lowest BCUT2D eigenvalue weighted by Gasteiger charge is -2.39. The fourth-order valence-electron chi connectivity index (χ4n) is 2.58. The number of carboxylic acids is 1. The summed E-state index contributed by atoms with van der Waals surface area (Å²) in [4.78, 5) is 10.7. The second-order valence-electron chi connectivity index (χ2n) is 8.24. The van der Waals surface area contributed by atoms with Gasteiger partial charge in [0.15, 0.2) is 6.54 Å². The maximum Gasteiger partial charge on any atom is 0.460 e. The number of rotatable bonds is 14. The molecule has 0 rings (SSSR count). The lowest BCUT2D eigenvalue weighted by atomic mass is 9.93. The van der Waals surface area contributed by atoms with E-state index in [-0.39, 0.29) is 0 Å². The minimum absolute atomic E-state index is 0.450. The van der Waals surface area contributed by atoms with Crippen LogP contribution in [0.25, 0.3) is 0 Å². The van der Waals surface area contributed by atoms with E-state index in [0.29, 0.717) is 0 Å². The average Bonchev–Trinajstić information content (AvgIpc) is 2.62. The summed E-state index contributed by atoms with van der Waals surface area (Å²) in [7, 11) is -2.68. The molecular weight excluding hydrogens is 567 g/mol. The molecule has 1 unspecified atom stereocenters. The van der Waals surface area contributed by atoms with E-state index in [4.69, 9.17) is 5.11 Å². The van der Waals surface area contributed by atoms with Crippen LogP contribution >= 0.6 is 0 Å². The van der Waals surface area contributed by atoms with Crippen LogP contribution in [0.2, 0.25) is 0 Å². The number of aliphatic hydroxyl groups is 1. The zero-order chi connectivity index (χ0) is 29.4. The Kier molecular flexibility index (Phi) is 9.82. The molecule has 0 aromatic carbocycles. The quantitative estimate of drug-likeness (QED) is 0.214. The molecule has 216 valence electrons. The molecule has 1 atom stereocenters. The van der Waals surface area contributed by atoms with Crippen molar-refractivity contribution in [1.82, 2.24) is 4.72 Å². The van der Waals surface area contributed by atoms with E-state index in [1.165, 1.54) is 18.8 Å². The number of aliphatic carboxylic acids is 1. The van der Waals surface area contributed by atoms with Crippen LogP contribution in [-0.4, -0.2) is 110 Å². The topological polar surface area (TPSA) is 104 Å². The fraction of sp³-hybridized carbons (Fsp3) is 0.933. The van der Waals surface area contributed by atoms with Crippen molar-refractivity contribution in [3.05, 3.63) is 0 Å². The number of hydrogen-bond acceptors (Lipinski definition) is 4. The minimum atomic E-state index is -8.09. The SMILES string of the molecule is C[N+](C)(CC(=O)O)CC(O)CNS(=O)(=O)CCC(F)(F)C(F)(F)C(F)(F)C(F)(F)C(F)(F)C(F)(F)F. The summed E-state index contributed by atoms with van der Waals surface area (Å²) >= 11 is 0. The second kappa shape index (κ2) is 10.3. The Morgan fingerprint density at radius 1 is 0.833 bits per heavy atom. The van der Waals surface area contributed by atoms with Crippen LogP contribution in [0.1, 0.15) is 6.42 Å². The molecule has 0 aromatic rings. The molecule has 0 saturated carbocycles. The van der Waals surface area contributed by atoms with Crippen molar-refractivity contribution in [2.24, 2.45) is 0 Å². The van der Waals surface area contributed by atoms with Gasteiger partial charge in [0.25, 0.3) is 0 Å². The van der Waals surface area contributed by atoms with E-state index < -0.39 is 94.2 Å². The predicted molar refractivity (Wildman–Crippen MR) is 92.7 cm³/mol. The molecule has 21 heteroatoms. The molecule has 3 N–H and O–H groups in total. The summed E-state index contributed by atoms with van der Waals surface area (Å²) in [5.41, 5.74) is 0. The number of carbonyl (C=O) groups is 1. The molecule has 0 radical (unpaired) electrons. The lowest BCUT2D eigenvalue weighted by Crippen LogP contribution is -2.70. The number of halogens is 13. The van der Waals surface area contributed by atoms with Gasteiger partial charge in [0, 0.05) is 13.0 Å². The number of alkyl halides is 13. The molecule has 0 spiro atoms. The largest absolute Gasteiger partial charge is 0.477 e. The van der Waals surface area contributed by atoms with Crippen LogP contribution in [-0.2, 0) is 14.8 Å². The number of hydrogen-bond donors (Lipinski definition) is 3. The molecule has 0 aliphatic heterocycles. The molecule has 0 saturated heterocycles. The number of nitrogens with one attached hydrogen (secondary N) is 1. The molecule has 0 aliphatic carbocycles. The van der Waals surface area contributed by atoms with Crippen molar-refractivity contribution in [2.75, 3.05) is 39.5 Å². The normalized spacial score (nSPS) is 16.2. The Morgan fingerprint density at radius 2 is 1.25 bits per heavy atom. The van der Waals surface area contributed by atoms with Crippen molar-refractivity contribution >= 4 is 16.0 Å². The van der Waals surface area contributed by atoms with Gasteiger partial charge in [-0.15, -0.1) is 0 Å². The summed E-state index contributed by atoms with van der Waals surface area (Å²) in [5.74, 6) is -41.8. The molecule has 0 amide bonds. The summed E-state index contributed by atoms with van der Waals surface area (Å²) in [5, 5.41) is 18.4. The van der Waals surface area contributed by atoms with Crippen molar-refractivity contribution < 1.29 is 85.0 Å². The lowest BCUT2D eigenvalue weighted by molar-refractivity contribution is -0.886. The van der Waals surface area contributed by atoms with Crippen molar-refractivity contribution in [2.45, 2.75) is 48.3 Å². The third-order valence-electron chi connectivity index (χ3n) is 4.49. The Hall–Kier alpha value is -1.61. The molecule has 0 heterocycles. The number of nitrogens with zero attached hydrogens (tertiary/aromatic N) is 1. The highest BCUT2D eigenvalue weighted by atomic mass is 32.2. The Labute approximate surface area is 194 Å². The van der Waals surface area contributed by atoms with Gasteiger partial charge in [0.1, 0.15) is 12.6 Å². The molecule has 36 heavy (non-hydrogen) atoms. The average molecular weight is 587 g/mol. The maximum absolute atomic E-state index is 13.7. The highest BCUT2D eigenvalue weighted by Crippen LogP contribution is 2.60. The Balaban J connectivity index is 5.58. The third-order valence-corrected chi connectivity index (χ3v) is 5.84. The number of aliphatic hydroxyl groups excluding tert-OH is 1.